The number of rotatable bonds is 6. The molecule has 0 radical (unpaired) electrons. The fraction of sp³-hybridized carbons (Fsp3) is 0.591. The van der Waals surface area contributed by atoms with Gasteiger partial charge < -0.3 is 15.2 Å². The Morgan fingerprint density at radius 1 is 1.10 bits per heavy atom. The molecule has 0 unspecified atom stereocenters. The van der Waals surface area contributed by atoms with Crippen LogP contribution in [-0.2, 0) is 27.2 Å². The zero-order chi connectivity index (χ0) is 21.1. The molecular formula is C22H29NO5S. The van der Waals surface area contributed by atoms with Gasteiger partial charge in [-0.15, -0.1) is 11.3 Å². The fourth-order valence-corrected chi connectivity index (χ4v) is 5.45. The average Bonchev–Trinajstić information content (AvgIpc) is 3.05. The third-order valence-electron chi connectivity index (χ3n) is 5.97. The van der Waals surface area contributed by atoms with Crippen molar-refractivity contribution in [3.8, 4) is 0 Å². The van der Waals surface area contributed by atoms with Gasteiger partial charge in [0.05, 0.1) is 24.0 Å². The predicted octanol–water partition coefficient (Wildman–Crippen LogP) is 4.58. The highest BCUT2D eigenvalue weighted by molar-refractivity contribution is 7.17. The number of esters is 1. The molecule has 0 saturated carbocycles. The minimum absolute atomic E-state index is 0.326. The molecule has 1 heterocycles. The summed E-state index contributed by atoms with van der Waals surface area (Å²) in [5.41, 5.74) is 3.56. The van der Waals surface area contributed by atoms with E-state index in [0.29, 0.717) is 30.0 Å². The molecule has 2 atom stereocenters. The van der Waals surface area contributed by atoms with E-state index in [4.69, 9.17) is 4.74 Å². The van der Waals surface area contributed by atoms with E-state index in [1.165, 1.54) is 11.3 Å². The molecule has 0 bridgehead atoms. The quantitative estimate of drug-likeness (QED) is 0.520. The number of carbonyl (C=O) groups is 3. The third-order valence-corrected chi connectivity index (χ3v) is 7.18. The van der Waals surface area contributed by atoms with Crippen molar-refractivity contribution >= 4 is 34.2 Å². The van der Waals surface area contributed by atoms with Gasteiger partial charge in [0.25, 0.3) is 0 Å². The van der Waals surface area contributed by atoms with Crippen LogP contribution in [0.2, 0.25) is 0 Å². The molecule has 1 aromatic heterocycles. The van der Waals surface area contributed by atoms with Gasteiger partial charge >= 0.3 is 11.9 Å². The number of carboxylic acids is 1. The summed E-state index contributed by atoms with van der Waals surface area (Å²) in [5.74, 6) is -3.07. The molecule has 3 rings (SSSR count). The maximum atomic E-state index is 13.1. The van der Waals surface area contributed by atoms with Crippen LogP contribution in [0.1, 0.15) is 73.7 Å². The molecule has 0 aliphatic heterocycles. The highest BCUT2D eigenvalue weighted by atomic mass is 32.1. The molecule has 158 valence electrons. The fourth-order valence-electron chi connectivity index (χ4n) is 4.17. The Morgan fingerprint density at radius 2 is 1.76 bits per heavy atom. The van der Waals surface area contributed by atoms with E-state index in [2.05, 4.69) is 5.32 Å². The van der Waals surface area contributed by atoms with Crippen LogP contribution in [0.15, 0.2) is 11.1 Å². The maximum Gasteiger partial charge on any atom is 0.341 e. The molecule has 2 N–H and O–H groups in total. The Morgan fingerprint density at radius 3 is 2.41 bits per heavy atom. The summed E-state index contributed by atoms with van der Waals surface area (Å²) < 4.78 is 5.37. The summed E-state index contributed by atoms with van der Waals surface area (Å²) in [6.07, 6.45) is 5.32. The zero-order valence-electron chi connectivity index (χ0n) is 17.3. The van der Waals surface area contributed by atoms with Gasteiger partial charge in [-0.05, 0) is 64.4 Å². The van der Waals surface area contributed by atoms with Crippen molar-refractivity contribution in [3.63, 3.8) is 0 Å². The zero-order valence-corrected chi connectivity index (χ0v) is 18.1. The minimum Gasteiger partial charge on any atom is -0.481 e. The van der Waals surface area contributed by atoms with E-state index in [1.807, 2.05) is 20.8 Å². The molecule has 1 aromatic rings. The lowest BCUT2D eigenvalue weighted by Crippen LogP contribution is -2.36. The van der Waals surface area contributed by atoms with Crippen molar-refractivity contribution in [1.29, 1.82) is 0 Å². The number of ether oxygens (including phenoxy) is 1. The van der Waals surface area contributed by atoms with Gasteiger partial charge in [0.1, 0.15) is 5.00 Å². The lowest BCUT2D eigenvalue weighted by molar-refractivity contribution is -0.146. The SMILES string of the molecule is CCCOC(=O)c1c(NC(=O)[C@H]2CC(C)=C(C)C[C@@H]2C(=O)O)sc2c1CCCC2. The summed E-state index contributed by atoms with van der Waals surface area (Å²) in [4.78, 5) is 38.7. The maximum absolute atomic E-state index is 13.1. The van der Waals surface area contributed by atoms with Crippen LogP contribution >= 0.6 is 11.3 Å². The van der Waals surface area contributed by atoms with Crippen molar-refractivity contribution in [2.45, 2.75) is 65.7 Å². The van der Waals surface area contributed by atoms with Crippen molar-refractivity contribution in [2.75, 3.05) is 11.9 Å². The second-order valence-corrected chi connectivity index (χ2v) is 9.17. The highest BCUT2D eigenvalue weighted by Gasteiger charge is 2.38. The number of hydrogen-bond donors (Lipinski definition) is 2. The second-order valence-electron chi connectivity index (χ2n) is 8.06. The van der Waals surface area contributed by atoms with E-state index in [9.17, 15) is 19.5 Å². The van der Waals surface area contributed by atoms with E-state index in [1.54, 1.807) is 0 Å². The van der Waals surface area contributed by atoms with Crippen LogP contribution in [-0.4, -0.2) is 29.6 Å². The van der Waals surface area contributed by atoms with Crippen LogP contribution in [0.3, 0.4) is 0 Å². The highest BCUT2D eigenvalue weighted by Crippen LogP contribution is 2.40. The summed E-state index contributed by atoms with van der Waals surface area (Å²) in [6, 6.07) is 0. The first-order valence-electron chi connectivity index (χ1n) is 10.3. The molecule has 0 spiro atoms. The van der Waals surface area contributed by atoms with Crippen LogP contribution < -0.4 is 5.32 Å². The van der Waals surface area contributed by atoms with E-state index in [-0.39, 0.29) is 5.91 Å². The van der Waals surface area contributed by atoms with Gasteiger partial charge in [-0.3, -0.25) is 9.59 Å². The summed E-state index contributed by atoms with van der Waals surface area (Å²) in [7, 11) is 0. The van der Waals surface area contributed by atoms with Crippen LogP contribution in [0.25, 0.3) is 0 Å². The molecule has 1 amide bonds. The normalized spacial score (nSPS) is 21.5. The molecular weight excluding hydrogens is 390 g/mol. The molecule has 0 fully saturated rings. The molecule has 2 aliphatic carbocycles. The lowest BCUT2D eigenvalue weighted by Gasteiger charge is -2.29. The molecule has 6 nitrogen and oxygen atoms in total. The molecule has 29 heavy (non-hydrogen) atoms. The Kier molecular flexibility index (Phi) is 6.77. The summed E-state index contributed by atoms with van der Waals surface area (Å²) in [5, 5.41) is 13.0. The number of aryl methyl sites for hydroxylation is 1. The first-order valence-corrected chi connectivity index (χ1v) is 11.2. The van der Waals surface area contributed by atoms with E-state index >= 15 is 0 Å². The van der Waals surface area contributed by atoms with E-state index < -0.39 is 23.8 Å². The van der Waals surface area contributed by atoms with Crippen LogP contribution in [0.4, 0.5) is 5.00 Å². The molecule has 2 aliphatic rings. The number of amides is 1. The Labute approximate surface area is 175 Å². The summed E-state index contributed by atoms with van der Waals surface area (Å²) >= 11 is 1.43. The Hall–Kier alpha value is -2.15. The van der Waals surface area contributed by atoms with E-state index in [0.717, 1.165) is 53.7 Å². The first-order chi connectivity index (χ1) is 13.8. The molecule has 0 saturated heterocycles. The topological polar surface area (TPSA) is 92.7 Å². The van der Waals surface area contributed by atoms with Crippen molar-refractivity contribution < 1.29 is 24.2 Å². The number of carboxylic acid groups (broad SMARTS) is 1. The van der Waals surface area contributed by atoms with Crippen molar-refractivity contribution in [1.82, 2.24) is 0 Å². The first kappa shape index (κ1) is 21.6. The molecule has 0 aromatic carbocycles. The number of anilines is 1. The number of nitrogens with one attached hydrogen (secondary N) is 1. The van der Waals surface area contributed by atoms with Gasteiger partial charge in [-0.1, -0.05) is 18.1 Å². The second kappa shape index (κ2) is 9.11. The number of aliphatic carboxylic acids is 1. The Balaban J connectivity index is 1.89. The number of hydrogen-bond acceptors (Lipinski definition) is 5. The molecule has 7 heteroatoms. The summed E-state index contributed by atoms with van der Waals surface area (Å²) in [6.45, 7) is 6.15. The number of carbonyl (C=O) groups excluding carboxylic acids is 2. The monoisotopic (exact) mass is 419 g/mol. The lowest BCUT2D eigenvalue weighted by atomic mass is 9.76. The minimum atomic E-state index is -0.954. The smallest absolute Gasteiger partial charge is 0.341 e. The van der Waals surface area contributed by atoms with Crippen LogP contribution in [0, 0.1) is 11.8 Å². The third kappa shape index (κ3) is 4.55. The van der Waals surface area contributed by atoms with Crippen molar-refractivity contribution in [3.05, 3.63) is 27.2 Å². The van der Waals surface area contributed by atoms with Gasteiger partial charge in [0.15, 0.2) is 0 Å². The van der Waals surface area contributed by atoms with Gasteiger partial charge in [-0.2, -0.15) is 0 Å². The standard InChI is InChI=1S/C22H29NO5S/c1-4-9-28-22(27)18-14-7-5-6-8-17(14)29-20(18)23-19(24)15-10-12(2)13(3)11-16(15)21(25)26/h15-16H,4-11H2,1-3H3,(H,23,24)(H,25,26)/t15-,16-/m0/s1. The predicted molar refractivity (Wildman–Crippen MR) is 112 cm³/mol. The van der Waals surface area contributed by atoms with Gasteiger partial charge in [0, 0.05) is 4.88 Å². The van der Waals surface area contributed by atoms with Crippen molar-refractivity contribution in [2.24, 2.45) is 11.8 Å². The van der Waals surface area contributed by atoms with Gasteiger partial charge in [-0.25, -0.2) is 4.79 Å². The van der Waals surface area contributed by atoms with Crippen LogP contribution in [0.5, 0.6) is 0 Å². The number of thiophene rings is 1. The number of allylic oxidation sites excluding steroid dienone is 2. The van der Waals surface area contributed by atoms with Gasteiger partial charge in [0.2, 0.25) is 5.91 Å². The average molecular weight is 420 g/mol. The largest absolute Gasteiger partial charge is 0.481 e. The number of fused-ring (bicyclic) bond motifs is 1. The Bertz CT molecular complexity index is 854.